The molecule has 8 heteroatoms. The lowest BCUT2D eigenvalue weighted by molar-refractivity contribution is -0.138. The van der Waals surface area contributed by atoms with Crippen molar-refractivity contribution in [3.63, 3.8) is 0 Å². The highest BCUT2D eigenvalue weighted by Gasteiger charge is 2.27. The molecule has 1 N–H and O–H groups in total. The summed E-state index contributed by atoms with van der Waals surface area (Å²) in [6.45, 7) is 5.73. The Labute approximate surface area is 197 Å². The predicted molar refractivity (Wildman–Crippen MR) is 127 cm³/mol. The summed E-state index contributed by atoms with van der Waals surface area (Å²) in [4.78, 5) is 27.3. The van der Waals surface area contributed by atoms with Crippen molar-refractivity contribution < 1.29 is 14.0 Å². The van der Waals surface area contributed by atoms with Crippen molar-refractivity contribution in [1.82, 2.24) is 10.2 Å². The lowest BCUT2D eigenvalue weighted by Gasteiger charge is -2.30. The van der Waals surface area contributed by atoms with Crippen LogP contribution in [0.2, 0.25) is 10.0 Å². The van der Waals surface area contributed by atoms with Crippen LogP contribution in [0.5, 0.6) is 0 Å². The molecule has 2 rings (SSSR count). The van der Waals surface area contributed by atoms with Crippen LogP contribution in [-0.4, -0.2) is 34.6 Å². The molecule has 0 aliphatic carbocycles. The van der Waals surface area contributed by atoms with Crippen LogP contribution in [0.1, 0.15) is 38.3 Å². The first-order chi connectivity index (χ1) is 14.7. The highest BCUT2D eigenvalue weighted by molar-refractivity contribution is 7.99. The lowest BCUT2D eigenvalue weighted by Crippen LogP contribution is -2.50. The summed E-state index contributed by atoms with van der Waals surface area (Å²) in [5, 5.41) is 3.81. The van der Waals surface area contributed by atoms with E-state index in [1.165, 1.54) is 28.8 Å². The fourth-order valence-corrected chi connectivity index (χ4v) is 4.21. The van der Waals surface area contributed by atoms with Crippen LogP contribution in [0, 0.1) is 5.82 Å². The Balaban J connectivity index is 2.14. The summed E-state index contributed by atoms with van der Waals surface area (Å²) in [6, 6.07) is 10.6. The lowest BCUT2D eigenvalue weighted by atomic mass is 10.1. The molecule has 0 saturated carbocycles. The number of carbonyl (C=O) groups is 2. The molecule has 0 aromatic heterocycles. The molecule has 4 nitrogen and oxygen atoms in total. The van der Waals surface area contributed by atoms with E-state index >= 15 is 0 Å². The normalized spacial score (nSPS) is 12.8. The standard InChI is InChI=1S/C23H27Cl2FN2O2S/c1-4-15(2)27-23(30)16(3)28(12-19-20(24)6-5-7-21(19)25)22(29)14-31-13-17-8-10-18(26)11-9-17/h5-11,15-16H,4,12-14H2,1-3H3,(H,27,30)/t15-,16-/m1/s1. The van der Waals surface area contributed by atoms with Gasteiger partial charge in [0.2, 0.25) is 11.8 Å². The molecule has 0 saturated heterocycles. The first-order valence-electron chi connectivity index (χ1n) is 10.1. The Morgan fingerprint density at radius 2 is 1.71 bits per heavy atom. The Morgan fingerprint density at radius 1 is 1.10 bits per heavy atom. The van der Waals surface area contributed by atoms with Crippen LogP contribution in [0.15, 0.2) is 42.5 Å². The van der Waals surface area contributed by atoms with Crippen molar-refractivity contribution in [3.8, 4) is 0 Å². The van der Waals surface area contributed by atoms with Gasteiger partial charge >= 0.3 is 0 Å². The van der Waals surface area contributed by atoms with Crippen LogP contribution in [0.3, 0.4) is 0 Å². The van der Waals surface area contributed by atoms with E-state index in [-0.39, 0.29) is 36.0 Å². The Kier molecular flexibility index (Phi) is 10.1. The van der Waals surface area contributed by atoms with Crippen molar-refractivity contribution in [3.05, 3.63) is 69.5 Å². The van der Waals surface area contributed by atoms with Crippen molar-refractivity contribution in [2.24, 2.45) is 0 Å². The molecule has 0 aliphatic rings. The van der Waals surface area contributed by atoms with Gasteiger partial charge in [-0.2, -0.15) is 0 Å². The van der Waals surface area contributed by atoms with Gasteiger partial charge in [0, 0.05) is 33.9 Å². The number of nitrogens with zero attached hydrogens (tertiary/aromatic N) is 1. The van der Waals surface area contributed by atoms with Gasteiger partial charge in [-0.15, -0.1) is 11.8 Å². The van der Waals surface area contributed by atoms with E-state index in [1.54, 1.807) is 37.3 Å². The Hall–Kier alpha value is -1.76. The number of halogens is 3. The Bertz CT molecular complexity index is 875. The molecular formula is C23H27Cl2FN2O2S. The average Bonchev–Trinajstić information content (AvgIpc) is 2.74. The predicted octanol–water partition coefficient (Wildman–Crippen LogP) is 5.70. The van der Waals surface area contributed by atoms with E-state index in [0.717, 1.165) is 12.0 Å². The summed E-state index contributed by atoms with van der Waals surface area (Å²) in [5.41, 5.74) is 1.52. The summed E-state index contributed by atoms with van der Waals surface area (Å²) >= 11 is 14.0. The number of benzene rings is 2. The summed E-state index contributed by atoms with van der Waals surface area (Å²) in [5.74, 6) is -0.00123. The zero-order chi connectivity index (χ0) is 23.0. The van der Waals surface area contributed by atoms with E-state index in [0.29, 0.717) is 21.4 Å². The summed E-state index contributed by atoms with van der Waals surface area (Å²) in [6.07, 6.45) is 0.788. The third-order valence-corrected chi connectivity index (χ3v) is 6.66. The molecule has 2 aromatic rings. The molecule has 0 aliphatic heterocycles. The summed E-state index contributed by atoms with van der Waals surface area (Å²) in [7, 11) is 0. The first-order valence-corrected chi connectivity index (χ1v) is 12.0. The van der Waals surface area contributed by atoms with Crippen molar-refractivity contribution in [2.75, 3.05) is 5.75 Å². The average molecular weight is 485 g/mol. The van der Waals surface area contributed by atoms with Gasteiger partial charge < -0.3 is 10.2 Å². The van der Waals surface area contributed by atoms with Crippen molar-refractivity contribution >= 4 is 46.8 Å². The molecule has 2 aromatic carbocycles. The number of thioether (sulfide) groups is 1. The largest absolute Gasteiger partial charge is 0.352 e. The SMILES string of the molecule is CC[C@@H](C)NC(=O)[C@@H](C)N(Cc1c(Cl)cccc1Cl)C(=O)CSCc1ccc(F)cc1. The van der Waals surface area contributed by atoms with Crippen LogP contribution in [-0.2, 0) is 21.9 Å². The van der Waals surface area contributed by atoms with Crippen molar-refractivity contribution in [2.45, 2.75) is 51.6 Å². The molecule has 0 bridgehead atoms. The number of amides is 2. The maximum atomic E-state index is 13.1. The van der Waals surface area contributed by atoms with Gasteiger partial charge in [0.15, 0.2) is 0 Å². The first kappa shape index (κ1) is 25.5. The highest BCUT2D eigenvalue weighted by Crippen LogP contribution is 2.27. The third kappa shape index (κ3) is 7.70. The topological polar surface area (TPSA) is 49.4 Å². The van der Waals surface area contributed by atoms with Gasteiger partial charge in [-0.1, -0.05) is 48.3 Å². The number of hydrogen-bond donors (Lipinski definition) is 1. The second kappa shape index (κ2) is 12.3. The zero-order valence-corrected chi connectivity index (χ0v) is 20.2. The van der Waals surface area contributed by atoms with Crippen LogP contribution < -0.4 is 5.32 Å². The van der Waals surface area contributed by atoms with Gasteiger partial charge in [0.05, 0.1) is 5.75 Å². The second-order valence-corrected chi connectivity index (χ2v) is 9.13. The molecule has 0 radical (unpaired) electrons. The third-order valence-electron chi connectivity index (χ3n) is 4.97. The van der Waals surface area contributed by atoms with E-state index in [4.69, 9.17) is 23.2 Å². The monoisotopic (exact) mass is 484 g/mol. The fourth-order valence-electron chi connectivity index (χ4n) is 2.82. The van der Waals surface area contributed by atoms with Gasteiger partial charge in [-0.05, 0) is 50.1 Å². The van der Waals surface area contributed by atoms with E-state index < -0.39 is 6.04 Å². The van der Waals surface area contributed by atoms with Gasteiger partial charge in [0.25, 0.3) is 0 Å². The van der Waals surface area contributed by atoms with E-state index in [2.05, 4.69) is 5.32 Å². The Morgan fingerprint density at radius 3 is 2.29 bits per heavy atom. The molecule has 31 heavy (non-hydrogen) atoms. The van der Waals surface area contributed by atoms with Crippen LogP contribution in [0.4, 0.5) is 4.39 Å². The molecule has 0 spiro atoms. The van der Waals surface area contributed by atoms with Gasteiger partial charge in [0.1, 0.15) is 11.9 Å². The minimum absolute atomic E-state index is 0.00338. The molecule has 168 valence electrons. The number of carbonyl (C=O) groups excluding carboxylic acids is 2. The van der Waals surface area contributed by atoms with Crippen LogP contribution >= 0.6 is 35.0 Å². The zero-order valence-electron chi connectivity index (χ0n) is 17.8. The van der Waals surface area contributed by atoms with E-state index in [9.17, 15) is 14.0 Å². The van der Waals surface area contributed by atoms with Crippen LogP contribution in [0.25, 0.3) is 0 Å². The fraction of sp³-hybridized carbons (Fsp3) is 0.391. The number of rotatable bonds is 10. The van der Waals surface area contributed by atoms with Gasteiger partial charge in [-0.3, -0.25) is 9.59 Å². The second-order valence-electron chi connectivity index (χ2n) is 7.33. The molecule has 0 unspecified atom stereocenters. The number of nitrogens with one attached hydrogen (secondary N) is 1. The van der Waals surface area contributed by atoms with E-state index in [1.807, 2.05) is 13.8 Å². The maximum Gasteiger partial charge on any atom is 0.242 e. The molecule has 2 atom stereocenters. The minimum Gasteiger partial charge on any atom is -0.352 e. The molecular weight excluding hydrogens is 458 g/mol. The molecule has 0 fully saturated rings. The highest BCUT2D eigenvalue weighted by atomic mass is 35.5. The van der Waals surface area contributed by atoms with Crippen molar-refractivity contribution in [1.29, 1.82) is 0 Å². The summed E-state index contributed by atoms with van der Waals surface area (Å²) < 4.78 is 13.1. The quantitative estimate of drug-likeness (QED) is 0.470. The molecule has 2 amide bonds. The smallest absolute Gasteiger partial charge is 0.242 e. The minimum atomic E-state index is -0.694. The number of hydrogen-bond acceptors (Lipinski definition) is 3. The van der Waals surface area contributed by atoms with Gasteiger partial charge in [-0.25, -0.2) is 4.39 Å². The maximum absolute atomic E-state index is 13.1. The molecule has 0 heterocycles.